The van der Waals surface area contributed by atoms with Crippen molar-refractivity contribution in [3.8, 4) is 0 Å². The smallest absolute Gasteiger partial charge is 0.353 e. The molecule has 2 aliphatic rings. The molecule has 3 atom stereocenters. The third kappa shape index (κ3) is 5.78. The summed E-state index contributed by atoms with van der Waals surface area (Å²) in [6, 6.07) is 5.00. The number of carbonyl (C=O) groups is 4. The van der Waals surface area contributed by atoms with Crippen LogP contribution in [0.1, 0.15) is 25.3 Å². The summed E-state index contributed by atoms with van der Waals surface area (Å²) in [5, 5.41) is 30.8. The molecule has 0 spiro atoms. The van der Waals surface area contributed by atoms with E-state index in [1.165, 1.54) is 36.1 Å². The number of hydrazine groups is 1. The van der Waals surface area contributed by atoms with E-state index >= 15 is 0 Å². The average molecular weight is 509 g/mol. The molecular weight excluding hydrogens is 484 g/mol. The molecular formula is C21H24N4O9S. The number of benzene rings is 1. The van der Waals surface area contributed by atoms with E-state index in [-0.39, 0.29) is 30.3 Å². The van der Waals surface area contributed by atoms with Crippen molar-refractivity contribution >= 4 is 41.2 Å². The first kappa shape index (κ1) is 26.1. The van der Waals surface area contributed by atoms with Crippen LogP contribution in [0.3, 0.4) is 0 Å². The zero-order chi connectivity index (χ0) is 25.9. The van der Waals surface area contributed by atoms with Crippen LogP contribution in [0.15, 0.2) is 34.9 Å². The number of nitro groups is 1. The molecule has 0 aliphatic carbocycles. The molecule has 1 saturated heterocycles. The molecule has 2 aliphatic heterocycles. The van der Waals surface area contributed by atoms with Crippen LogP contribution in [0.4, 0.5) is 5.69 Å². The first-order valence-corrected chi connectivity index (χ1v) is 11.5. The Labute approximate surface area is 203 Å². The lowest BCUT2D eigenvalue weighted by Gasteiger charge is -2.44. The van der Waals surface area contributed by atoms with Crippen LogP contribution in [0.2, 0.25) is 0 Å². The number of nitrogens with zero attached hydrogens (tertiary/aromatic N) is 3. The molecule has 3 rings (SSSR count). The van der Waals surface area contributed by atoms with Gasteiger partial charge >= 0.3 is 11.9 Å². The molecule has 1 aromatic rings. The Morgan fingerprint density at radius 1 is 1.34 bits per heavy atom. The van der Waals surface area contributed by atoms with Gasteiger partial charge in [0.05, 0.1) is 23.0 Å². The minimum Gasteiger partial charge on any atom is -0.477 e. The molecule has 35 heavy (non-hydrogen) atoms. The number of hydrogen-bond donors (Lipinski definition) is 3. The third-order valence-corrected chi connectivity index (χ3v) is 6.76. The Morgan fingerprint density at radius 3 is 2.57 bits per heavy atom. The number of fused-ring (bicyclic) bond motifs is 1. The largest absolute Gasteiger partial charge is 0.477 e. The summed E-state index contributed by atoms with van der Waals surface area (Å²) in [4.78, 5) is 59.8. The van der Waals surface area contributed by atoms with E-state index in [2.05, 4.69) is 0 Å². The third-order valence-electron chi connectivity index (χ3n) is 5.66. The van der Waals surface area contributed by atoms with Gasteiger partial charge in [0.1, 0.15) is 18.7 Å². The number of carbonyl (C=O) groups excluding carboxylic acids is 3. The van der Waals surface area contributed by atoms with Crippen molar-refractivity contribution in [2.24, 2.45) is 11.8 Å². The second-order valence-electron chi connectivity index (χ2n) is 8.02. The SMILES string of the molecule is C[C@H](O)[C@@H]1C(=O)N2C(C(=O)O)=C(SCCN(N)C(=O)CC(=O)OCc3ccc([N+](=O)[O-])cc3)C[C@H]12. The van der Waals surface area contributed by atoms with Crippen LogP contribution >= 0.6 is 11.8 Å². The number of non-ortho nitro benzene ring substituents is 1. The molecule has 0 bridgehead atoms. The van der Waals surface area contributed by atoms with Crippen molar-refractivity contribution in [3.05, 3.63) is 50.5 Å². The van der Waals surface area contributed by atoms with Crippen LogP contribution in [0, 0.1) is 16.0 Å². The highest BCUT2D eigenvalue weighted by Crippen LogP contribution is 2.46. The summed E-state index contributed by atoms with van der Waals surface area (Å²) in [7, 11) is 0. The van der Waals surface area contributed by atoms with E-state index in [9.17, 15) is 39.5 Å². The number of nitro benzene ring substituents is 1. The number of carboxylic acids is 1. The topological polar surface area (TPSA) is 194 Å². The van der Waals surface area contributed by atoms with E-state index in [1.807, 2.05) is 0 Å². The average Bonchev–Trinajstić information content (AvgIpc) is 3.11. The Hall–Kier alpha value is -3.49. The molecule has 188 valence electrons. The van der Waals surface area contributed by atoms with Gasteiger partial charge in [-0.2, -0.15) is 0 Å². The van der Waals surface area contributed by atoms with Gasteiger partial charge in [-0.3, -0.25) is 29.5 Å². The number of rotatable bonds is 11. The van der Waals surface area contributed by atoms with Crippen LogP contribution in [0.5, 0.6) is 0 Å². The molecule has 4 N–H and O–H groups in total. The maximum atomic E-state index is 12.2. The Morgan fingerprint density at radius 2 is 2.00 bits per heavy atom. The van der Waals surface area contributed by atoms with Gasteiger partial charge in [-0.1, -0.05) is 0 Å². The number of nitrogens with two attached hydrogens (primary N) is 1. The van der Waals surface area contributed by atoms with Crippen LogP contribution in [0.25, 0.3) is 0 Å². The molecule has 0 radical (unpaired) electrons. The first-order valence-electron chi connectivity index (χ1n) is 10.6. The van der Waals surface area contributed by atoms with E-state index in [1.54, 1.807) is 0 Å². The Bertz CT molecular complexity index is 1070. The van der Waals surface area contributed by atoms with E-state index < -0.39 is 53.2 Å². The highest BCUT2D eigenvalue weighted by Gasteiger charge is 2.56. The lowest BCUT2D eigenvalue weighted by Crippen LogP contribution is -2.61. The second kappa shape index (κ2) is 10.8. The molecule has 14 heteroatoms. The van der Waals surface area contributed by atoms with Gasteiger partial charge in [-0.25, -0.2) is 10.6 Å². The number of amides is 2. The van der Waals surface area contributed by atoms with Gasteiger partial charge in [0.2, 0.25) is 11.8 Å². The first-order chi connectivity index (χ1) is 16.5. The molecule has 2 heterocycles. The van der Waals surface area contributed by atoms with E-state index in [0.717, 1.165) is 16.8 Å². The second-order valence-corrected chi connectivity index (χ2v) is 9.21. The monoisotopic (exact) mass is 508 g/mol. The summed E-state index contributed by atoms with van der Waals surface area (Å²) in [6.45, 7) is 1.33. The quantitative estimate of drug-likeness (QED) is 0.0711. The number of thioether (sulfide) groups is 1. The molecule has 0 aromatic heterocycles. The molecule has 13 nitrogen and oxygen atoms in total. The fraction of sp³-hybridized carbons (Fsp3) is 0.429. The van der Waals surface area contributed by atoms with Gasteiger partial charge in [-0.15, -0.1) is 11.8 Å². The summed E-state index contributed by atoms with van der Waals surface area (Å²) in [6.07, 6.45) is -1.21. The Balaban J connectivity index is 1.44. The van der Waals surface area contributed by atoms with Crippen molar-refractivity contribution < 1.29 is 39.1 Å². The van der Waals surface area contributed by atoms with E-state index in [4.69, 9.17) is 10.6 Å². The number of ether oxygens (including phenoxy) is 1. The zero-order valence-corrected chi connectivity index (χ0v) is 19.5. The van der Waals surface area contributed by atoms with Crippen LogP contribution in [-0.2, 0) is 30.5 Å². The van der Waals surface area contributed by atoms with Gasteiger partial charge in [0, 0.05) is 35.8 Å². The van der Waals surface area contributed by atoms with Crippen molar-refractivity contribution in [1.29, 1.82) is 0 Å². The number of β-lactam (4-membered cyclic amide) rings is 1. The number of aliphatic carboxylic acids is 1. The lowest BCUT2D eigenvalue weighted by atomic mass is 9.83. The van der Waals surface area contributed by atoms with Crippen molar-refractivity contribution in [1.82, 2.24) is 9.91 Å². The summed E-state index contributed by atoms with van der Waals surface area (Å²) < 4.78 is 5.00. The standard InChI is InChI=1S/C21H24N4O9S/c1-11(26)18-14-8-15(19(21(30)31)24(14)20(18)29)35-7-6-23(22)16(27)9-17(28)34-10-12-2-4-13(5-3-12)25(32)33/h2-5,11,14,18,26H,6-10,22H2,1H3,(H,30,31)/t11-,14+,18-/m0/s1. The molecule has 0 saturated carbocycles. The predicted molar refractivity (Wildman–Crippen MR) is 121 cm³/mol. The molecule has 0 unspecified atom stereocenters. The molecule has 2 amide bonds. The number of aliphatic hydroxyl groups excluding tert-OH is 1. The van der Waals surface area contributed by atoms with Gasteiger partial charge in [-0.05, 0) is 24.6 Å². The highest BCUT2D eigenvalue weighted by molar-refractivity contribution is 8.03. The van der Waals surface area contributed by atoms with Crippen molar-refractivity contribution in [2.45, 2.75) is 38.5 Å². The van der Waals surface area contributed by atoms with Crippen molar-refractivity contribution in [3.63, 3.8) is 0 Å². The number of aliphatic hydroxyl groups is 1. The maximum absolute atomic E-state index is 12.2. The fourth-order valence-corrected chi connectivity index (χ4v) is 5.05. The number of esters is 1. The van der Waals surface area contributed by atoms with Gasteiger partial charge in [0.15, 0.2) is 0 Å². The van der Waals surface area contributed by atoms with Gasteiger partial charge < -0.3 is 19.8 Å². The predicted octanol–water partition coefficient (Wildman–Crippen LogP) is 0.371. The maximum Gasteiger partial charge on any atom is 0.353 e. The molecule has 1 aromatic carbocycles. The minimum atomic E-state index is -1.25. The highest BCUT2D eigenvalue weighted by atomic mass is 32.2. The molecule has 1 fully saturated rings. The lowest BCUT2D eigenvalue weighted by molar-refractivity contribution is -0.384. The van der Waals surface area contributed by atoms with E-state index in [0.29, 0.717) is 16.9 Å². The fourth-order valence-electron chi connectivity index (χ4n) is 3.91. The summed E-state index contributed by atoms with van der Waals surface area (Å²) in [5.41, 5.74) is 0.291. The van der Waals surface area contributed by atoms with Gasteiger partial charge in [0.25, 0.3) is 5.69 Å². The van der Waals surface area contributed by atoms with Crippen LogP contribution < -0.4 is 5.84 Å². The minimum absolute atomic E-state index is 0.00791. The Kier molecular flexibility index (Phi) is 8.09. The van der Waals surface area contributed by atoms with Crippen LogP contribution in [-0.4, -0.2) is 73.2 Å². The normalized spacial score (nSPS) is 19.6. The number of carboxylic acid groups (broad SMARTS) is 1. The summed E-state index contributed by atoms with van der Waals surface area (Å²) in [5.74, 6) is 2.09. The summed E-state index contributed by atoms with van der Waals surface area (Å²) >= 11 is 1.14. The zero-order valence-electron chi connectivity index (χ0n) is 18.7. The number of hydrogen-bond acceptors (Lipinski definition) is 10. The van der Waals surface area contributed by atoms with Crippen molar-refractivity contribution in [2.75, 3.05) is 12.3 Å².